The number of hydrogen-bond donors (Lipinski definition) is 1. The number of nitrogens with one attached hydrogen (secondary N) is 1. The average molecular weight is 431 g/mol. The standard InChI is InChI=1S/C25H26N4O3/c1-4-17-5-7-19(8-6-17)22-23-24(32-28-22)25(31)29(15-26-23)14-13-21(30)27-20-11-9-18(10-12-20)16(2)3/h5-12,15-16H,4,13-14H2,1-3H3,(H,27,30). The van der Waals surface area contributed by atoms with Crippen molar-refractivity contribution in [1.29, 1.82) is 0 Å². The Kier molecular flexibility index (Phi) is 6.16. The average Bonchev–Trinajstić information content (AvgIpc) is 3.24. The first-order chi connectivity index (χ1) is 15.5. The summed E-state index contributed by atoms with van der Waals surface area (Å²) in [6.45, 7) is 6.53. The highest BCUT2D eigenvalue weighted by atomic mass is 16.5. The number of amides is 1. The molecule has 0 unspecified atom stereocenters. The number of rotatable bonds is 7. The highest BCUT2D eigenvalue weighted by Gasteiger charge is 2.17. The van der Waals surface area contributed by atoms with Crippen LogP contribution in [0.1, 0.15) is 44.2 Å². The summed E-state index contributed by atoms with van der Waals surface area (Å²) in [4.78, 5) is 29.5. The molecule has 2 aromatic heterocycles. The van der Waals surface area contributed by atoms with Crippen LogP contribution in [-0.2, 0) is 17.8 Å². The van der Waals surface area contributed by atoms with Crippen LogP contribution in [0, 0.1) is 0 Å². The molecule has 1 N–H and O–H groups in total. The molecular formula is C25H26N4O3. The molecular weight excluding hydrogens is 404 g/mol. The van der Waals surface area contributed by atoms with E-state index in [1.165, 1.54) is 22.0 Å². The third-order valence-corrected chi connectivity index (χ3v) is 5.53. The van der Waals surface area contributed by atoms with Crippen LogP contribution in [0.25, 0.3) is 22.4 Å². The Morgan fingerprint density at radius 1 is 1.09 bits per heavy atom. The molecule has 0 bridgehead atoms. The first-order valence-corrected chi connectivity index (χ1v) is 10.8. The Bertz CT molecular complexity index is 1290. The quantitative estimate of drug-likeness (QED) is 0.456. The summed E-state index contributed by atoms with van der Waals surface area (Å²) in [6.07, 6.45) is 2.52. The van der Waals surface area contributed by atoms with E-state index in [4.69, 9.17) is 4.52 Å². The van der Waals surface area contributed by atoms with Gasteiger partial charge in [0.1, 0.15) is 11.2 Å². The van der Waals surface area contributed by atoms with E-state index in [0.717, 1.165) is 17.7 Å². The van der Waals surface area contributed by atoms with Crippen LogP contribution in [0.5, 0.6) is 0 Å². The number of benzene rings is 2. The number of fused-ring (bicyclic) bond motifs is 1. The Hall–Kier alpha value is -3.74. The van der Waals surface area contributed by atoms with Crippen molar-refractivity contribution in [2.75, 3.05) is 5.32 Å². The fourth-order valence-corrected chi connectivity index (χ4v) is 3.50. The summed E-state index contributed by atoms with van der Waals surface area (Å²) in [5.41, 5.74) is 4.69. The van der Waals surface area contributed by atoms with Crippen molar-refractivity contribution < 1.29 is 9.32 Å². The van der Waals surface area contributed by atoms with Crippen LogP contribution in [0.15, 0.2) is 64.2 Å². The number of carbonyl (C=O) groups is 1. The van der Waals surface area contributed by atoms with Gasteiger partial charge in [-0.25, -0.2) is 4.98 Å². The SMILES string of the molecule is CCc1ccc(-c2noc3c(=O)n(CCC(=O)Nc4ccc(C(C)C)cc4)cnc23)cc1. The van der Waals surface area contributed by atoms with E-state index in [1.54, 1.807) is 0 Å². The lowest BCUT2D eigenvalue weighted by Crippen LogP contribution is -2.23. The van der Waals surface area contributed by atoms with Crippen molar-refractivity contribution in [2.24, 2.45) is 0 Å². The van der Waals surface area contributed by atoms with Crippen molar-refractivity contribution in [1.82, 2.24) is 14.7 Å². The number of aryl methyl sites for hydroxylation is 2. The molecule has 0 aliphatic carbocycles. The van der Waals surface area contributed by atoms with Gasteiger partial charge in [0.25, 0.3) is 11.1 Å². The van der Waals surface area contributed by atoms with Crippen LogP contribution in [0.2, 0.25) is 0 Å². The molecule has 0 radical (unpaired) electrons. The number of carbonyl (C=O) groups excluding carboxylic acids is 1. The summed E-state index contributed by atoms with van der Waals surface area (Å²) >= 11 is 0. The normalized spacial score (nSPS) is 11.2. The number of anilines is 1. The van der Waals surface area contributed by atoms with E-state index in [9.17, 15) is 9.59 Å². The molecule has 0 saturated heterocycles. The molecule has 4 aromatic rings. The fraction of sp³-hybridized carbons (Fsp3) is 0.280. The lowest BCUT2D eigenvalue weighted by atomic mass is 10.0. The second kappa shape index (κ2) is 9.18. The first-order valence-electron chi connectivity index (χ1n) is 10.8. The van der Waals surface area contributed by atoms with Gasteiger partial charge in [0.05, 0.1) is 6.33 Å². The predicted molar refractivity (Wildman–Crippen MR) is 125 cm³/mol. The maximum Gasteiger partial charge on any atom is 0.299 e. The molecule has 0 atom stereocenters. The fourth-order valence-electron chi connectivity index (χ4n) is 3.50. The van der Waals surface area contributed by atoms with Gasteiger partial charge in [-0.3, -0.25) is 14.2 Å². The summed E-state index contributed by atoms with van der Waals surface area (Å²) < 4.78 is 6.69. The van der Waals surface area contributed by atoms with Crippen molar-refractivity contribution in [3.8, 4) is 11.3 Å². The lowest BCUT2D eigenvalue weighted by Gasteiger charge is -2.09. The van der Waals surface area contributed by atoms with Gasteiger partial charge >= 0.3 is 0 Å². The topological polar surface area (TPSA) is 90.0 Å². The molecule has 7 heteroatoms. The zero-order chi connectivity index (χ0) is 22.7. The van der Waals surface area contributed by atoms with Gasteiger partial charge in [0.2, 0.25) is 5.91 Å². The van der Waals surface area contributed by atoms with Crippen LogP contribution in [0.4, 0.5) is 5.69 Å². The molecule has 32 heavy (non-hydrogen) atoms. The van der Waals surface area contributed by atoms with Gasteiger partial charge in [-0.2, -0.15) is 0 Å². The molecule has 7 nitrogen and oxygen atoms in total. The van der Waals surface area contributed by atoms with Crippen LogP contribution < -0.4 is 10.9 Å². The minimum absolute atomic E-state index is 0.0896. The second-order valence-electron chi connectivity index (χ2n) is 8.08. The summed E-state index contributed by atoms with van der Waals surface area (Å²) in [6, 6.07) is 15.7. The highest BCUT2D eigenvalue weighted by molar-refractivity contribution is 5.90. The van der Waals surface area contributed by atoms with E-state index in [1.807, 2.05) is 48.5 Å². The zero-order valence-electron chi connectivity index (χ0n) is 18.5. The molecule has 0 spiro atoms. The van der Waals surface area contributed by atoms with Crippen molar-refractivity contribution in [3.63, 3.8) is 0 Å². The summed E-state index contributed by atoms with van der Waals surface area (Å²) in [7, 11) is 0. The molecule has 2 heterocycles. The van der Waals surface area contributed by atoms with E-state index >= 15 is 0 Å². The minimum atomic E-state index is -0.354. The van der Waals surface area contributed by atoms with Crippen molar-refractivity contribution >= 4 is 22.7 Å². The number of aromatic nitrogens is 3. The molecule has 0 aliphatic rings. The monoisotopic (exact) mass is 430 g/mol. The first kappa shape index (κ1) is 21.5. The smallest absolute Gasteiger partial charge is 0.299 e. The maximum absolute atomic E-state index is 12.8. The second-order valence-corrected chi connectivity index (χ2v) is 8.08. The molecule has 1 amide bonds. The van der Waals surface area contributed by atoms with Gasteiger partial charge < -0.3 is 9.84 Å². The largest absolute Gasteiger partial charge is 0.348 e. The maximum atomic E-state index is 12.8. The minimum Gasteiger partial charge on any atom is -0.348 e. The van der Waals surface area contributed by atoms with Crippen molar-refractivity contribution in [3.05, 3.63) is 76.3 Å². The number of hydrogen-bond acceptors (Lipinski definition) is 5. The van der Waals surface area contributed by atoms with Gasteiger partial charge in [-0.1, -0.05) is 62.3 Å². The van der Waals surface area contributed by atoms with Crippen LogP contribution in [-0.4, -0.2) is 20.6 Å². The molecule has 2 aromatic carbocycles. The Balaban J connectivity index is 1.46. The van der Waals surface area contributed by atoms with Gasteiger partial charge in [0, 0.05) is 24.2 Å². The van der Waals surface area contributed by atoms with Gasteiger partial charge in [0.15, 0.2) is 0 Å². The van der Waals surface area contributed by atoms with E-state index in [-0.39, 0.29) is 30.0 Å². The summed E-state index contributed by atoms with van der Waals surface area (Å²) in [5, 5.41) is 6.92. The molecule has 0 fully saturated rings. The molecule has 0 saturated carbocycles. The van der Waals surface area contributed by atoms with E-state index < -0.39 is 0 Å². The van der Waals surface area contributed by atoms with Gasteiger partial charge in [-0.05, 0) is 35.6 Å². The Morgan fingerprint density at radius 3 is 2.47 bits per heavy atom. The summed E-state index contributed by atoms with van der Waals surface area (Å²) in [5.74, 6) is 0.255. The predicted octanol–water partition coefficient (Wildman–Crippen LogP) is 4.77. The van der Waals surface area contributed by atoms with Gasteiger partial charge in [-0.15, -0.1) is 0 Å². The molecule has 4 rings (SSSR count). The number of nitrogens with zero attached hydrogens (tertiary/aromatic N) is 3. The third-order valence-electron chi connectivity index (χ3n) is 5.53. The third kappa shape index (κ3) is 4.46. The Labute approximate surface area is 186 Å². The van der Waals surface area contributed by atoms with Crippen LogP contribution in [0.3, 0.4) is 0 Å². The zero-order valence-corrected chi connectivity index (χ0v) is 18.5. The lowest BCUT2D eigenvalue weighted by molar-refractivity contribution is -0.116. The molecule has 0 aliphatic heterocycles. The van der Waals surface area contributed by atoms with Crippen molar-refractivity contribution in [2.45, 2.75) is 46.1 Å². The molecule has 164 valence electrons. The van der Waals surface area contributed by atoms with E-state index in [0.29, 0.717) is 17.1 Å². The highest BCUT2D eigenvalue weighted by Crippen LogP contribution is 2.25. The Morgan fingerprint density at radius 2 is 1.81 bits per heavy atom. The van der Waals surface area contributed by atoms with Crippen LogP contribution >= 0.6 is 0 Å². The van der Waals surface area contributed by atoms with E-state index in [2.05, 4.69) is 36.2 Å².